The van der Waals surface area contributed by atoms with E-state index in [1.165, 1.54) is 22.8 Å². The van der Waals surface area contributed by atoms with Gasteiger partial charge in [0.05, 0.1) is 12.1 Å². The second kappa shape index (κ2) is 11.3. The summed E-state index contributed by atoms with van der Waals surface area (Å²) in [6, 6.07) is 10.1. The molecule has 4 rings (SSSR count). The molecule has 38 heavy (non-hydrogen) atoms. The maximum atomic E-state index is 13.4. The predicted molar refractivity (Wildman–Crippen MR) is 135 cm³/mol. The molecular formula is C26H28BrF3N4O4. The molecule has 0 saturated carbocycles. The van der Waals surface area contributed by atoms with E-state index in [1.807, 2.05) is 24.3 Å². The Morgan fingerprint density at radius 1 is 1.16 bits per heavy atom. The number of nitrogens with two attached hydrogens (primary N) is 1. The first-order chi connectivity index (χ1) is 18.0. The van der Waals surface area contributed by atoms with Gasteiger partial charge in [0, 0.05) is 24.0 Å². The molecule has 0 aliphatic carbocycles. The lowest BCUT2D eigenvalue weighted by Crippen LogP contribution is -2.71. The van der Waals surface area contributed by atoms with E-state index in [0.29, 0.717) is 5.56 Å². The van der Waals surface area contributed by atoms with E-state index in [-0.39, 0.29) is 63.0 Å². The fourth-order valence-electron chi connectivity index (χ4n) is 4.96. The Balaban J connectivity index is 1.55. The largest absolute Gasteiger partial charge is 0.444 e. The number of halogens is 4. The Kier molecular flexibility index (Phi) is 8.31. The van der Waals surface area contributed by atoms with E-state index in [1.54, 1.807) is 4.90 Å². The summed E-state index contributed by atoms with van der Waals surface area (Å²) in [6.45, 7) is 1.73. The number of amides is 3. The lowest BCUT2D eigenvalue weighted by atomic mass is 10.0. The first-order valence-corrected chi connectivity index (χ1v) is 12.9. The van der Waals surface area contributed by atoms with Crippen LogP contribution in [0.15, 0.2) is 46.9 Å². The maximum absolute atomic E-state index is 13.4. The van der Waals surface area contributed by atoms with Crippen LogP contribution in [0.3, 0.4) is 0 Å². The van der Waals surface area contributed by atoms with Crippen molar-refractivity contribution in [3.8, 4) is 0 Å². The normalized spacial score (nSPS) is 20.0. The fraction of sp³-hybridized carbons (Fsp3) is 0.423. The topological polar surface area (TPSA) is 96.2 Å². The zero-order chi connectivity index (χ0) is 27.6. The van der Waals surface area contributed by atoms with Crippen molar-refractivity contribution in [3.05, 3.63) is 69.2 Å². The van der Waals surface area contributed by atoms with E-state index in [9.17, 15) is 27.6 Å². The van der Waals surface area contributed by atoms with Gasteiger partial charge in [-0.15, -0.1) is 0 Å². The third kappa shape index (κ3) is 6.12. The number of piperazine rings is 1. The van der Waals surface area contributed by atoms with Crippen LogP contribution < -0.4 is 5.73 Å². The zero-order valence-corrected chi connectivity index (χ0v) is 22.3. The number of ether oxygens (including phenoxy) is 1. The second-order valence-electron chi connectivity index (χ2n) is 9.43. The van der Waals surface area contributed by atoms with Crippen LogP contribution in [0.5, 0.6) is 0 Å². The summed E-state index contributed by atoms with van der Waals surface area (Å²) >= 11 is 3.42. The van der Waals surface area contributed by atoms with Gasteiger partial charge < -0.3 is 20.3 Å². The second-order valence-corrected chi connectivity index (χ2v) is 10.3. The summed E-state index contributed by atoms with van der Waals surface area (Å²) in [5, 5.41) is 0. The highest BCUT2D eigenvalue weighted by molar-refractivity contribution is 9.10. The molecule has 2 aromatic carbocycles. The number of rotatable bonds is 6. The first-order valence-electron chi connectivity index (χ1n) is 12.1. The summed E-state index contributed by atoms with van der Waals surface area (Å²) in [7, 11) is 0. The van der Waals surface area contributed by atoms with E-state index >= 15 is 0 Å². The highest BCUT2D eigenvalue weighted by atomic mass is 79.9. The van der Waals surface area contributed by atoms with Gasteiger partial charge in [-0.1, -0.05) is 39.7 Å². The van der Waals surface area contributed by atoms with Crippen molar-refractivity contribution in [3.63, 3.8) is 0 Å². The molecule has 8 nitrogen and oxygen atoms in total. The van der Waals surface area contributed by atoms with Crippen molar-refractivity contribution >= 4 is 33.8 Å². The highest BCUT2D eigenvalue weighted by Gasteiger charge is 2.48. The number of carbonyl (C=O) groups is 3. The summed E-state index contributed by atoms with van der Waals surface area (Å²) in [6.07, 6.45) is -5.86. The Hall–Kier alpha value is -3.12. The summed E-state index contributed by atoms with van der Waals surface area (Å²) in [4.78, 5) is 43.8. The summed E-state index contributed by atoms with van der Waals surface area (Å²) in [5.74, 6) is -0.517. The van der Waals surface area contributed by atoms with Gasteiger partial charge in [0.25, 0.3) is 0 Å². The molecule has 0 radical (unpaired) electrons. The van der Waals surface area contributed by atoms with Gasteiger partial charge in [-0.25, -0.2) is 4.79 Å². The van der Waals surface area contributed by atoms with Crippen LogP contribution in [0.25, 0.3) is 0 Å². The van der Waals surface area contributed by atoms with E-state index in [4.69, 9.17) is 10.5 Å². The van der Waals surface area contributed by atoms with Gasteiger partial charge >= 0.3 is 12.3 Å². The average molecular weight is 597 g/mol. The van der Waals surface area contributed by atoms with Crippen molar-refractivity contribution in [1.82, 2.24) is 14.7 Å². The molecule has 0 bridgehead atoms. The molecule has 2 heterocycles. The Morgan fingerprint density at radius 3 is 2.61 bits per heavy atom. The monoisotopic (exact) mass is 596 g/mol. The number of hydrogen-bond acceptors (Lipinski definition) is 5. The molecule has 204 valence electrons. The molecule has 0 unspecified atom stereocenters. The average Bonchev–Trinajstić information content (AvgIpc) is 2.84. The molecule has 3 amide bonds. The molecule has 2 aromatic rings. The molecular weight excluding hydrogens is 569 g/mol. The minimum Gasteiger partial charge on any atom is -0.444 e. The van der Waals surface area contributed by atoms with Gasteiger partial charge in [-0.3, -0.25) is 14.5 Å². The minimum atomic E-state index is -4.52. The number of benzene rings is 2. The third-order valence-electron chi connectivity index (χ3n) is 6.62. The smallest absolute Gasteiger partial charge is 0.416 e. The van der Waals surface area contributed by atoms with Crippen LogP contribution in [-0.4, -0.2) is 64.4 Å². The van der Waals surface area contributed by atoms with Crippen LogP contribution in [0.1, 0.15) is 35.1 Å². The standard InChI is InChI=1S/C26H28BrF3N4O4/c1-16-9-18(11-19(10-16)26(28,29)30)15-38-25(37)33-8-6-23(35)34-21(5-7-31)24(36)32(14-22(33)34)13-17-3-2-4-20(27)12-17/h2-4,9-12,21-22H,5-8,13-15,31H2,1H3/t21-,22+/m0/s1. The number of fused-ring (bicyclic) bond motifs is 1. The summed E-state index contributed by atoms with van der Waals surface area (Å²) < 4.78 is 45.9. The van der Waals surface area contributed by atoms with Crippen LogP contribution in [0.2, 0.25) is 0 Å². The molecule has 2 atom stereocenters. The first kappa shape index (κ1) is 27.9. The fourth-order valence-corrected chi connectivity index (χ4v) is 5.41. The van der Waals surface area contributed by atoms with Crippen LogP contribution >= 0.6 is 15.9 Å². The zero-order valence-electron chi connectivity index (χ0n) is 20.7. The van der Waals surface area contributed by atoms with Gasteiger partial charge in [-0.05, 0) is 55.3 Å². The Labute approximate surface area is 226 Å². The lowest BCUT2D eigenvalue weighted by molar-refractivity contribution is -0.168. The quantitative estimate of drug-likeness (QED) is 0.543. The molecule has 2 aliphatic heterocycles. The minimum absolute atomic E-state index is 0.00570. The molecule has 12 heteroatoms. The number of aryl methyl sites for hydroxylation is 1. The van der Waals surface area contributed by atoms with Crippen LogP contribution in [0, 0.1) is 6.92 Å². The molecule has 2 saturated heterocycles. The number of hydrogen-bond donors (Lipinski definition) is 1. The Bertz CT molecular complexity index is 1230. The number of carbonyl (C=O) groups excluding carboxylic acids is 3. The molecule has 2 fully saturated rings. The van der Waals surface area contributed by atoms with Crippen molar-refractivity contribution in [2.75, 3.05) is 19.6 Å². The van der Waals surface area contributed by atoms with Crippen LogP contribution in [-0.2, 0) is 33.7 Å². The van der Waals surface area contributed by atoms with Crippen molar-refractivity contribution in [2.24, 2.45) is 5.73 Å². The molecule has 0 aromatic heterocycles. The van der Waals surface area contributed by atoms with Crippen molar-refractivity contribution in [2.45, 2.75) is 51.3 Å². The van der Waals surface area contributed by atoms with E-state index in [0.717, 1.165) is 22.2 Å². The maximum Gasteiger partial charge on any atom is 0.416 e. The highest BCUT2D eigenvalue weighted by Crippen LogP contribution is 2.32. The van der Waals surface area contributed by atoms with Crippen molar-refractivity contribution < 1.29 is 32.3 Å². The number of alkyl halides is 3. The van der Waals surface area contributed by atoms with Gasteiger partial charge in [0.1, 0.15) is 18.8 Å². The SMILES string of the molecule is Cc1cc(COC(=O)N2CCC(=O)N3[C@@H]2CN(Cc2cccc(Br)c2)C(=O)[C@@H]3CCN)cc(C(F)(F)F)c1. The van der Waals surface area contributed by atoms with Crippen LogP contribution in [0.4, 0.5) is 18.0 Å². The van der Waals surface area contributed by atoms with Gasteiger partial charge in [-0.2, -0.15) is 13.2 Å². The van der Waals surface area contributed by atoms with Gasteiger partial charge in [0.15, 0.2) is 0 Å². The third-order valence-corrected chi connectivity index (χ3v) is 7.11. The number of nitrogens with zero attached hydrogens (tertiary/aromatic N) is 3. The molecule has 2 aliphatic rings. The van der Waals surface area contributed by atoms with Crippen molar-refractivity contribution in [1.29, 1.82) is 0 Å². The summed E-state index contributed by atoms with van der Waals surface area (Å²) in [5.41, 5.74) is 6.40. The molecule has 2 N–H and O–H groups in total. The predicted octanol–water partition coefficient (Wildman–Crippen LogP) is 4.03. The van der Waals surface area contributed by atoms with Gasteiger partial charge in [0.2, 0.25) is 11.8 Å². The molecule has 0 spiro atoms. The van der Waals surface area contributed by atoms with E-state index < -0.39 is 30.0 Å². The lowest BCUT2D eigenvalue weighted by Gasteiger charge is -2.51. The Morgan fingerprint density at radius 2 is 1.92 bits per heavy atom. The van der Waals surface area contributed by atoms with E-state index in [2.05, 4.69) is 15.9 Å².